The summed E-state index contributed by atoms with van der Waals surface area (Å²) in [5.41, 5.74) is 5.04. The molecule has 0 saturated heterocycles. The molecule has 0 amide bonds. The molecule has 0 spiro atoms. The van der Waals surface area contributed by atoms with Gasteiger partial charge in [-0.1, -0.05) is 44.2 Å². The van der Waals surface area contributed by atoms with Gasteiger partial charge in [0.25, 0.3) is 0 Å². The minimum absolute atomic E-state index is 0.193. The monoisotopic (exact) mass is 349 g/mol. The van der Waals surface area contributed by atoms with Crippen molar-refractivity contribution in [2.45, 2.75) is 39.5 Å². The predicted octanol–water partition coefficient (Wildman–Crippen LogP) is 3.63. The molecule has 1 aliphatic carbocycles. The number of rotatable bonds is 5. The van der Waals surface area contributed by atoms with E-state index >= 15 is 0 Å². The summed E-state index contributed by atoms with van der Waals surface area (Å²) in [5.74, 6) is 0.758. The standard InChI is InChI=1S/C21H23N3O2/c1-14(2)13-26-19(25)11-18-20(15-7-4-3-5-8-15)23-21-22-17-10-6-9-16(17)12-24(18)21/h3-5,7-8,12,14H,6,9-11,13H2,1-2H3. The third kappa shape index (κ3) is 3.21. The molecular weight excluding hydrogens is 326 g/mol. The number of carbonyl (C=O) groups excluding carboxylic acids is 1. The number of ether oxygens (including phenoxy) is 1. The number of hydrogen-bond acceptors (Lipinski definition) is 4. The Morgan fingerprint density at radius 1 is 1.19 bits per heavy atom. The quantitative estimate of drug-likeness (QED) is 0.660. The predicted molar refractivity (Wildman–Crippen MR) is 99.9 cm³/mol. The van der Waals surface area contributed by atoms with Gasteiger partial charge in [0.2, 0.25) is 5.78 Å². The van der Waals surface area contributed by atoms with Crippen LogP contribution in [-0.4, -0.2) is 26.9 Å². The van der Waals surface area contributed by atoms with Crippen molar-refractivity contribution in [2.75, 3.05) is 6.61 Å². The Kier molecular flexibility index (Phi) is 4.45. The number of fused-ring (bicyclic) bond motifs is 2. The van der Waals surface area contributed by atoms with Gasteiger partial charge in [-0.25, -0.2) is 9.97 Å². The number of imidazole rings is 1. The molecule has 3 aromatic rings. The minimum atomic E-state index is -0.224. The Morgan fingerprint density at radius 2 is 2.00 bits per heavy atom. The second-order valence-electron chi connectivity index (χ2n) is 7.26. The molecule has 26 heavy (non-hydrogen) atoms. The molecule has 0 bridgehead atoms. The van der Waals surface area contributed by atoms with Crippen LogP contribution >= 0.6 is 0 Å². The Bertz CT molecular complexity index is 945. The Morgan fingerprint density at radius 3 is 2.77 bits per heavy atom. The van der Waals surface area contributed by atoms with Crippen molar-refractivity contribution in [1.82, 2.24) is 14.4 Å². The maximum absolute atomic E-state index is 12.4. The van der Waals surface area contributed by atoms with E-state index < -0.39 is 0 Å². The summed E-state index contributed by atoms with van der Waals surface area (Å²) < 4.78 is 7.38. The molecular formula is C21H23N3O2. The number of esters is 1. The van der Waals surface area contributed by atoms with Crippen LogP contribution in [0.1, 0.15) is 37.2 Å². The van der Waals surface area contributed by atoms with E-state index in [2.05, 4.69) is 6.20 Å². The van der Waals surface area contributed by atoms with Crippen LogP contribution < -0.4 is 0 Å². The van der Waals surface area contributed by atoms with E-state index in [1.807, 2.05) is 48.6 Å². The highest BCUT2D eigenvalue weighted by Crippen LogP contribution is 2.27. The van der Waals surface area contributed by atoms with Crippen LogP contribution in [0.15, 0.2) is 36.5 Å². The van der Waals surface area contributed by atoms with Crippen molar-refractivity contribution in [1.29, 1.82) is 0 Å². The molecule has 0 N–H and O–H groups in total. The third-order valence-corrected chi connectivity index (χ3v) is 4.68. The summed E-state index contributed by atoms with van der Waals surface area (Å²) in [6.45, 7) is 4.50. The molecule has 1 aromatic carbocycles. The van der Waals surface area contributed by atoms with Crippen molar-refractivity contribution in [2.24, 2.45) is 5.92 Å². The molecule has 134 valence electrons. The lowest BCUT2D eigenvalue weighted by Crippen LogP contribution is -2.14. The minimum Gasteiger partial charge on any atom is -0.465 e. The lowest BCUT2D eigenvalue weighted by Gasteiger charge is -2.09. The van der Waals surface area contributed by atoms with Gasteiger partial charge in [0.1, 0.15) is 0 Å². The zero-order valence-electron chi connectivity index (χ0n) is 15.2. The highest BCUT2D eigenvalue weighted by molar-refractivity contribution is 5.77. The van der Waals surface area contributed by atoms with E-state index in [0.29, 0.717) is 18.3 Å². The van der Waals surface area contributed by atoms with E-state index in [0.717, 1.165) is 41.9 Å². The van der Waals surface area contributed by atoms with E-state index in [-0.39, 0.29) is 12.4 Å². The van der Waals surface area contributed by atoms with Gasteiger partial charge >= 0.3 is 5.97 Å². The second kappa shape index (κ2) is 6.90. The lowest BCUT2D eigenvalue weighted by atomic mass is 10.1. The molecule has 0 fully saturated rings. The van der Waals surface area contributed by atoms with Gasteiger partial charge in [-0.3, -0.25) is 9.20 Å². The van der Waals surface area contributed by atoms with Crippen LogP contribution in [0.3, 0.4) is 0 Å². The first-order valence-electron chi connectivity index (χ1n) is 9.22. The first-order chi connectivity index (χ1) is 12.6. The first kappa shape index (κ1) is 16.8. The molecule has 5 heteroatoms. The molecule has 0 atom stereocenters. The summed E-state index contributed by atoms with van der Waals surface area (Å²) >= 11 is 0. The fraction of sp³-hybridized carbons (Fsp3) is 0.381. The Balaban J connectivity index is 1.78. The van der Waals surface area contributed by atoms with E-state index in [4.69, 9.17) is 14.7 Å². The highest BCUT2D eigenvalue weighted by atomic mass is 16.5. The van der Waals surface area contributed by atoms with Gasteiger partial charge in [-0.15, -0.1) is 0 Å². The molecule has 1 aliphatic rings. The largest absolute Gasteiger partial charge is 0.465 e. The number of nitrogens with zero attached hydrogens (tertiary/aromatic N) is 3. The zero-order chi connectivity index (χ0) is 18.1. The SMILES string of the molecule is CC(C)COC(=O)Cc1c(-c2ccccc2)nc2nc3c(cn12)CCC3. The maximum atomic E-state index is 12.4. The fourth-order valence-corrected chi connectivity index (χ4v) is 3.41. The first-order valence-corrected chi connectivity index (χ1v) is 9.22. The van der Waals surface area contributed by atoms with Crippen LogP contribution in [0.5, 0.6) is 0 Å². The highest BCUT2D eigenvalue weighted by Gasteiger charge is 2.21. The van der Waals surface area contributed by atoms with Crippen LogP contribution in [0.2, 0.25) is 0 Å². The van der Waals surface area contributed by atoms with E-state index in [1.54, 1.807) is 0 Å². The van der Waals surface area contributed by atoms with E-state index in [9.17, 15) is 4.79 Å². The second-order valence-corrected chi connectivity index (χ2v) is 7.26. The molecule has 0 aliphatic heterocycles. The van der Waals surface area contributed by atoms with Crippen molar-refractivity contribution >= 4 is 11.7 Å². The van der Waals surface area contributed by atoms with Gasteiger partial charge in [0.05, 0.1) is 24.4 Å². The average Bonchev–Trinajstić information content (AvgIpc) is 3.23. The van der Waals surface area contributed by atoms with Gasteiger partial charge < -0.3 is 4.74 Å². The number of aromatic nitrogens is 3. The molecule has 2 aromatic heterocycles. The summed E-state index contributed by atoms with van der Waals surface area (Å²) in [7, 11) is 0. The fourth-order valence-electron chi connectivity index (χ4n) is 3.41. The number of hydrogen-bond donors (Lipinski definition) is 0. The zero-order valence-corrected chi connectivity index (χ0v) is 15.2. The molecule has 2 heterocycles. The molecule has 0 radical (unpaired) electrons. The van der Waals surface area contributed by atoms with Crippen molar-refractivity contribution in [3.63, 3.8) is 0 Å². The normalized spacial score (nSPS) is 13.3. The van der Waals surface area contributed by atoms with Crippen LogP contribution in [0.4, 0.5) is 0 Å². The van der Waals surface area contributed by atoms with Crippen molar-refractivity contribution in [3.05, 3.63) is 53.5 Å². The van der Waals surface area contributed by atoms with Crippen molar-refractivity contribution in [3.8, 4) is 11.3 Å². The number of benzene rings is 1. The molecule has 0 unspecified atom stereocenters. The Labute approximate surface area is 153 Å². The molecule has 5 nitrogen and oxygen atoms in total. The summed E-state index contributed by atoms with van der Waals surface area (Å²) in [5, 5.41) is 0. The van der Waals surface area contributed by atoms with Crippen LogP contribution in [-0.2, 0) is 28.8 Å². The maximum Gasteiger partial charge on any atom is 0.311 e. The van der Waals surface area contributed by atoms with Gasteiger partial charge in [-0.2, -0.15) is 0 Å². The summed E-state index contributed by atoms with van der Waals surface area (Å²) in [6.07, 6.45) is 5.47. The number of aryl methyl sites for hydroxylation is 2. The van der Waals surface area contributed by atoms with Crippen LogP contribution in [0.25, 0.3) is 17.0 Å². The smallest absolute Gasteiger partial charge is 0.311 e. The lowest BCUT2D eigenvalue weighted by molar-refractivity contribution is -0.143. The van der Waals surface area contributed by atoms with Gasteiger partial charge in [0.15, 0.2) is 0 Å². The topological polar surface area (TPSA) is 56.5 Å². The van der Waals surface area contributed by atoms with Crippen LogP contribution in [0, 0.1) is 5.92 Å². The third-order valence-electron chi connectivity index (χ3n) is 4.68. The van der Waals surface area contributed by atoms with Gasteiger partial charge in [-0.05, 0) is 30.7 Å². The van der Waals surface area contributed by atoms with Gasteiger partial charge in [0, 0.05) is 17.5 Å². The summed E-state index contributed by atoms with van der Waals surface area (Å²) in [6, 6.07) is 9.96. The number of carbonyl (C=O) groups is 1. The molecule has 0 saturated carbocycles. The molecule has 4 rings (SSSR count). The summed E-state index contributed by atoms with van der Waals surface area (Å²) in [4.78, 5) is 21.9. The Hall–Kier alpha value is -2.69. The van der Waals surface area contributed by atoms with Crippen molar-refractivity contribution < 1.29 is 9.53 Å². The average molecular weight is 349 g/mol. The van der Waals surface area contributed by atoms with E-state index in [1.165, 1.54) is 5.56 Å².